The number of hydrogen-bond donors (Lipinski definition) is 1. The lowest BCUT2D eigenvalue weighted by molar-refractivity contribution is -0.132. The van der Waals surface area contributed by atoms with E-state index in [0.29, 0.717) is 31.6 Å². The van der Waals surface area contributed by atoms with Crippen molar-refractivity contribution >= 4 is 28.8 Å². The van der Waals surface area contributed by atoms with Gasteiger partial charge in [0.1, 0.15) is 5.69 Å². The topological polar surface area (TPSA) is 67.2 Å². The second-order valence-electron chi connectivity index (χ2n) is 6.92. The molecule has 1 saturated heterocycles. The molecule has 1 N–H and O–H groups in total. The second kappa shape index (κ2) is 7.98. The van der Waals surface area contributed by atoms with Crippen LogP contribution in [0.4, 0.5) is 5.69 Å². The van der Waals surface area contributed by atoms with Crippen LogP contribution in [0.25, 0.3) is 16.3 Å². The molecule has 1 aromatic carbocycles. The monoisotopic (exact) mass is 394 g/mol. The molecular weight excluding hydrogens is 372 g/mol. The van der Waals surface area contributed by atoms with E-state index in [1.54, 1.807) is 27.8 Å². The Hall–Kier alpha value is -2.93. The Morgan fingerprint density at radius 2 is 1.86 bits per heavy atom. The van der Waals surface area contributed by atoms with E-state index in [2.05, 4.69) is 5.32 Å². The number of piperidine rings is 1. The predicted molar refractivity (Wildman–Crippen MR) is 110 cm³/mol. The molecule has 1 fully saturated rings. The Kier molecular flexibility index (Phi) is 5.25. The summed E-state index contributed by atoms with van der Waals surface area (Å²) in [5.41, 5.74) is 2.43. The lowest BCUT2D eigenvalue weighted by Gasteiger charge is -2.30. The first kappa shape index (κ1) is 18.4. The molecule has 3 aromatic rings. The van der Waals surface area contributed by atoms with E-state index < -0.39 is 0 Å². The lowest BCUT2D eigenvalue weighted by Crippen LogP contribution is -2.40. The standard InChI is InChI=1S/C21H22N4O2S/c1-15(26)24-11-9-16(10-12-24)21(27)22-18-14-25(17-6-3-2-4-7-17)23-20(18)19-8-5-13-28-19/h2-8,13-14,16H,9-12H2,1H3,(H,22,27). The Balaban J connectivity index is 1.56. The molecule has 6 nitrogen and oxygen atoms in total. The molecule has 0 aliphatic carbocycles. The van der Waals surface area contributed by atoms with E-state index in [1.165, 1.54) is 0 Å². The summed E-state index contributed by atoms with van der Waals surface area (Å²) in [6.45, 7) is 2.84. The Labute approximate surface area is 167 Å². The number of amides is 2. The molecule has 28 heavy (non-hydrogen) atoms. The van der Waals surface area contributed by atoms with Gasteiger partial charge in [0.05, 0.1) is 22.4 Å². The fraction of sp³-hybridized carbons (Fsp3) is 0.286. The fourth-order valence-corrected chi connectivity index (χ4v) is 4.19. The number of carbonyl (C=O) groups is 2. The van der Waals surface area contributed by atoms with Crippen LogP contribution in [0.1, 0.15) is 19.8 Å². The van der Waals surface area contributed by atoms with E-state index in [0.717, 1.165) is 16.3 Å². The molecule has 1 aliphatic heterocycles. The Morgan fingerprint density at radius 3 is 2.50 bits per heavy atom. The van der Waals surface area contributed by atoms with Gasteiger partial charge in [-0.05, 0) is 36.4 Å². The normalized spacial score (nSPS) is 14.8. The number of benzene rings is 1. The largest absolute Gasteiger partial charge is 0.343 e. The van der Waals surface area contributed by atoms with Crippen LogP contribution >= 0.6 is 11.3 Å². The molecule has 0 bridgehead atoms. The Morgan fingerprint density at radius 1 is 1.11 bits per heavy atom. The zero-order valence-electron chi connectivity index (χ0n) is 15.7. The van der Waals surface area contributed by atoms with Gasteiger partial charge in [-0.2, -0.15) is 5.10 Å². The molecule has 4 rings (SSSR count). The van der Waals surface area contributed by atoms with Crippen LogP contribution in [0.2, 0.25) is 0 Å². The number of rotatable bonds is 4. The maximum absolute atomic E-state index is 12.9. The van der Waals surface area contributed by atoms with Crippen LogP contribution in [-0.4, -0.2) is 39.6 Å². The molecule has 0 saturated carbocycles. The van der Waals surface area contributed by atoms with E-state index in [9.17, 15) is 9.59 Å². The zero-order valence-corrected chi connectivity index (χ0v) is 16.5. The molecule has 0 radical (unpaired) electrons. The van der Waals surface area contributed by atoms with Gasteiger partial charge >= 0.3 is 0 Å². The van der Waals surface area contributed by atoms with Gasteiger partial charge in [-0.25, -0.2) is 4.68 Å². The van der Waals surface area contributed by atoms with Crippen LogP contribution in [-0.2, 0) is 9.59 Å². The number of nitrogens with one attached hydrogen (secondary N) is 1. The molecule has 144 valence electrons. The van der Waals surface area contributed by atoms with Crippen molar-refractivity contribution in [3.8, 4) is 16.3 Å². The number of hydrogen-bond acceptors (Lipinski definition) is 4. The summed E-state index contributed by atoms with van der Waals surface area (Å²) < 4.78 is 1.79. The molecule has 0 spiro atoms. The molecule has 7 heteroatoms. The van der Waals surface area contributed by atoms with Gasteiger partial charge in [-0.15, -0.1) is 11.3 Å². The minimum atomic E-state index is -0.0909. The quantitative estimate of drug-likeness (QED) is 0.732. The molecular formula is C21H22N4O2S. The van der Waals surface area contributed by atoms with Gasteiger partial charge in [-0.3, -0.25) is 9.59 Å². The predicted octanol–water partition coefficient (Wildman–Crippen LogP) is 3.80. The van der Waals surface area contributed by atoms with Gasteiger partial charge in [0.15, 0.2) is 0 Å². The summed E-state index contributed by atoms with van der Waals surface area (Å²) >= 11 is 1.59. The highest BCUT2D eigenvalue weighted by atomic mass is 32.1. The van der Waals surface area contributed by atoms with E-state index in [1.807, 2.05) is 54.0 Å². The third-order valence-corrected chi connectivity index (χ3v) is 5.94. The maximum Gasteiger partial charge on any atom is 0.227 e. The summed E-state index contributed by atoms with van der Waals surface area (Å²) in [6, 6.07) is 13.8. The molecule has 1 aliphatic rings. The van der Waals surface area contributed by atoms with Gasteiger partial charge in [0.2, 0.25) is 11.8 Å². The summed E-state index contributed by atoms with van der Waals surface area (Å²) in [4.78, 5) is 27.2. The SMILES string of the molecule is CC(=O)N1CCC(C(=O)Nc2cn(-c3ccccc3)nc2-c2cccs2)CC1. The van der Waals surface area contributed by atoms with Crippen molar-refractivity contribution in [2.24, 2.45) is 5.92 Å². The van der Waals surface area contributed by atoms with Crippen molar-refractivity contribution in [3.63, 3.8) is 0 Å². The van der Waals surface area contributed by atoms with Crippen molar-refractivity contribution in [3.05, 3.63) is 54.0 Å². The van der Waals surface area contributed by atoms with E-state index in [4.69, 9.17) is 5.10 Å². The van der Waals surface area contributed by atoms with Crippen LogP contribution < -0.4 is 5.32 Å². The molecule has 0 unspecified atom stereocenters. The molecule has 0 atom stereocenters. The molecule has 2 amide bonds. The van der Waals surface area contributed by atoms with E-state index in [-0.39, 0.29) is 17.7 Å². The summed E-state index contributed by atoms with van der Waals surface area (Å²) in [5.74, 6) is -0.0246. The first-order valence-corrected chi connectivity index (χ1v) is 10.2. The average molecular weight is 395 g/mol. The number of carbonyl (C=O) groups excluding carboxylic acids is 2. The Bertz CT molecular complexity index is 958. The summed E-state index contributed by atoms with van der Waals surface area (Å²) in [5, 5.41) is 9.80. The third-order valence-electron chi connectivity index (χ3n) is 5.06. The summed E-state index contributed by atoms with van der Waals surface area (Å²) in [6.07, 6.45) is 3.24. The third kappa shape index (κ3) is 3.84. The first-order chi connectivity index (χ1) is 13.6. The number of likely N-dealkylation sites (tertiary alicyclic amines) is 1. The van der Waals surface area contributed by atoms with Gasteiger partial charge < -0.3 is 10.2 Å². The average Bonchev–Trinajstić information content (AvgIpc) is 3.38. The number of nitrogens with zero attached hydrogens (tertiary/aromatic N) is 3. The van der Waals surface area contributed by atoms with Gasteiger partial charge in [0.25, 0.3) is 0 Å². The second-order valence-corrected chi connectivity index (χ2v) is 7.87. The number of para-hydroxylation sites is 1. The van der Waals surface area contributed by atoms with Crippen molar-refractivity contribution < 1.29 is 9.59 Å². The van der Waals surface area contributed by atoms with Crippen molar-refractivity contribution in [1.29, 1.82) is 0 Å². The zero-order chi connectivity index (χ0) is 19.5. The number of aromatic nitrogens is 2. The minimum absolute atomic E-state index is 0.00591. The highest BCUT2D eigenvalue weighted by molar-refractivity contribution is 7.13. The van der Waals surface area contributed by atoms with Crippen LogP contribution in [0.15, 0.2) is 54.0 Å². The van der Waals surface area contributed by atoms with Crippen LogP contribution in [0.3, 0.4) is 0 Å². The number of thiophene rings is 1. The number of anilines is 1. The fourth-order valence-electron chi connectivity index (χ4n) is 3.47. The van der Waals surface area contributed by atoms with E-state index >= 15 is 0 Å². The first-order valence-electron chi connectivity index (χ1n) is 9.37. The van der Waals surface area contributed by atoms with Crippen LogP contribution in [0, 0.1) is 5.92 Å². The maximum atomic E-state index is 12.9. The van der Waals surface area contributed by atoms with Crippen molar-refractivity contribution in [2.75, 3.05) is 18.4 Å². The highest BCUT2D eigenvalue weighted by Gasteiger charge is 2.27. The smallest absolute Gasteiger partial charge is 0.227 e. The minimum Gasteiger partial charge on any atom is -0.343 e. The van der Waals surface area contributed by atoms with Crippen LogP contribution in [0.5, 0.6) is 0 Å². The van der Waals surface area contributed by atoms with Crippen molar-refractivity contribution in [2.45, 2.75) is 19.8 Å². The molecule has 3 heterocycles. The lowest BCUT2D eigenvalue weighted by atomic mass is 9.96. The highest BCUT2D eigenvalue weighted by Crippen LogP contribution is 2.32. The summed E-state index contributed by atoms with van der Waals surface area (Å²) in [7, 11) is 0. The van der Waals surface area contributed by atoms with Gasteiger partial charge in [-0.1, -0.05) is 24.3 Å². The van der Waals surface area contributed by atoms with Gasteiger partial charge in [0, 0.05) is 25.9 Å². The molecule has 2 aromatic heterocycles. The van der Waals surface area contributed by atoms with Crippen molar-refractivity contribution in [1.82, 2.24) is 14.7 Å².